The molecule has 6 nitrogen and oxygen atoms in total. The summed E-state index contributed by atoms with van der Waals surface area (Å²) in [7, 11) is 1.76. The highest BCUT2D eigenvalue weighted by Gasteiger charge is 2.48. The summed E-state index contributed by atoms with van der Waals surface area (Å²) in [6.45, 7) is 1.61. The summed E-state index contributed by atoms with van der Waals surface area (Å²) in [5, 5.41) is 3.22. The number of fused-ring (bicyclic) bond motifs is 1. The van der Waals surface area contributed by atoms with E-state index in [4.69, 9.17) is 0 Å². The van der Waals surface area contributed by atoms with E-state index in [9.17, 15) is 14.4 Å². The van der Waals surface area contributed by atoms with Gasteiger partial charge in [0.15, 0.2) is 0 Å². The minimum atomic E-state index is -0.169. The Kier molecular flexibility index (Phi) is 3.97. The lowest BCUT2D eigenvalue weighted by Gasteiger charge is -2.25. The van der Waals surface area contributed by atoms with E-state index in [0.29, 0.717) is 0 Å². The number of rotatable bonds is 3. The van der Waals surface area contributed by atoms with Crippen molar-refractivity contribution in [1.29, 1.82) is 0 Å². The first-order chi connectivity index (χ1) is 10.1. The number of nitrogens with one attached hydrogen (secondary N) is 1. The molecule has 2 saturated heterocycles. The first kappa shape index (κ1) is 14.5. The third kappa shape index (κ3) is 2.57. The summed E-state index contributed by atoms with van der Waals surface area (Å²) < 4.78 is 0. The topological polar surface area (TPSA) is 69.7 Å². The van der Waals surface area contributed by atoms with Crippen LogP contribution in [0.3, 0.4) is 0 Å². The van der Waals surface area contributed by atoms with Gasteiger partial charge in [-0.05, 0) is 25.8 Å². The molecule has 0 radical (unpaired) electrons. The Labute approximate surface area is 124 Å². The smallest absolute Gasteiger partial charge is 0.242 e. The van der Waals surface area contributed by atoms with Gasteiger partial charge in [-0.3, -0.25) is 19.3 Å². The Bertz CT molecular complexity index is 435. The number of hydrogen-bond donors (Lipinski definition) is 1. The van der Waals surface area contributed by atoms with E-state index in [-0.39, 0.29) is 42.1 Å². The molecule has 6 heteroatoms. The van der Waals surface area contributed by atoms with Gasteiger partial charge in [0.25, 0.3) is 0 Å². The third-order valence-electron chi connectivity index (χ3n) is 5.20. The summed E-state index contributed by atoms with van der Waals surface area (Å²) in [5.74, 6) is -0.731. The molecule has 1 saturated carbocycles. The maximum absolute atomic E-state index is 12.4. The molecular weight excluding hydrogens is 270 g/mol. The molecule has 3 atom stereocenters. The lowest BCUT2D eigenvalue weighted by molar-refractivity contribution is -0.146. The normalized spacial score (nSPS) is 32.4. The summed E-state index contributed by atoms with van der Waals surface area (Å²) in [4.78, 5) is 39.9. The van der Waals surface area contributed by atoms with Crippen molar-refractivity contribution in [2.24, 2.45) is 11.8 Å². The Balaban J connectivity index is 1.65. The lowest BCUT2D eigenvalue weighted by atomic mass is 9.81. The minimum Gasteiger partial charge on any atom is -0.340 e. The molecule has 0 bridgehead atoms. The molecule has 0 aromatic heterocycles. The molecule has 2 aliphatic heterocycles. The first-order valence-electron chi connectivity index (χ1n) is 7.91. The van der Waals surface area contributed by atoms with Crippen LogP contribution in [0, 0.1) is 11.8 Å². The number of likely N-dealkylation sites (N-methyl/N-ethyl adjacent to an activating group) is 1. The standard InChI is InChI=1S/C15H23N3O3/c1-17(10-6-7-16-8-10)13(19)9-18-14(20)11-4-2-3-5-12(11)15(18)21/h10-12,16H,2-9H2,1H3. The average Bonchev–Trinajstić information content (AvgIpc) is 3.11. The van der Waals surface area contributed by atoms with Crippen LogP contribution in [0.15, 0.2) is 0 Å². The van der Waals surface area contributed by atoms with Crippen LogP contribution in [0.1, 0.15) is 32.1 Å². The van der Waals surface area contributed by atoms with Crippen LogP contribution in [-0.2, 0) is 14.4 Å². The first-order valence-corrected chi connectivity index (χ1v) is 7.91. The van der Waals surface area contributed by atoms with E-state index in [1.54, 1.807) is 11.9 Å². The zero-order chi connectivity index (χ0) is 15.0. The molecule has 1 aliphatic carbocycles. The van der Waals surface area contributed by atoms with Crippen molar-refractivity contribution in [2.45, 2.75) is 38.1 Å². The van der Waals surface area contributed by atoms with Crippen LogP contribution in [0.25, 0.3) is 0 Å². The third-order valence-corrected chi connectivity index (χ3v) is 5.20. The number of carbonyl (C=O) groups is 3. The molecule has 0 spiro atoms. The van der Waals surface area contributed by atoms with Gasteiger partial charge in [0.2, 0.25) is 17.7 Å². The SMILES string of the molecule is CN(C(=O)CN1C(=O)C2CCCCC2C1=O)C1CCNC1. The van der Waals surface area contributed by atoms with Crippen molar-refractivity contribution in [1.82, 2.24) is 15.1 Å². The average molecular weight is 293 g/mol. The Morgan fingerprint density at radius 1 is 1.19 bits per heavy atom. The second-order valence-electron chi connectivity index (χ2n) is 6.41. The highest BCUT2D eigenvalue weighted by Crippen LogP contribution is 2.37. The molecular formula is C15H23N3O3. The van der Waals surface area contributed by atoms with Gasteiger partial charge in [0, 0.05) is 19.6 Å². The molecule has 116 valence electrons. The van der Waals surface area contributed by atoms with Gasteiger partial charge >= 0.3 is 0 Å². The van der Waals surface area contributed by atoms with Crippen molar-refractivity contribution in [2.75, 3.05) is 26.7 Å². The van der Waals surface area contributed by atoms with E-state index in [0.717, 1.165) is 45.2 Å². The Morgan fingerprint density at radius 2 is 1.81 bits per heavy atom. The fraction of sp³-hybridized carbons (Fsp3) is 0.800. The van der Waals surface area contributed by atoms with Gasteiger partial charge in [-0.15, -0.1) is 0 Å². The van der Waals surface area contributed by atoms with Crippen molar-refractivity contribution >= 4 is 17.7 Å². The van der Waals surface area contributed by atoms with Crippen LogP contribution in [0.5, 0.6) is 0 Å². The number of hydrogen-bond acceptors (Lipinski definition) is 4. The molecule has 3 rings (SSSR count). The minimum absolute atomic E-state index is 0.0856. The molecule has 2 heterocycles. The number of imide groups is 1. The quantitative estimate of drug-likeness (QED) is 0.743. The van der Waals surface area contributed by atoms with E-state index < -0.39 is 0 Å². The van der Waals surface area contributed by atoms with Crippen LogP contribution in [-0.4, -0.2) is 60.2 Å². The highest BCUT2D eigenvalue weighted by molar-refractivity contribution is 6.07. The zero-order valence-corrected chi connectivity index (χ0v) is 12.5. The van der Waals surface area contributed by atoms with Crippen LogP contribution < -0.4 is 5.32 Å². The Hall–Kier alpha value is -1.43. The number of amides is 3. The number of likely N-dealkylation sites (tertiary alicyclic amines) is 1. The van der Waals surface area contributed by atoms with Gasteiger partial charge in [-0.1, -0.05) is 12.8 Å². The molecule has 3 aliphatic rings. The van der Waals surface area contributed by atoms with Gasteiger partial charge in [0.05, 0.1) is 11.8 Å². The van der Waals surface area contributed by atoms with E-state index in [2.05, 4.69) is 5.32 Å². The predicted molar refractivity (Wildman–Crippen MR) is 76.2 cm³/mol. The molecule has 0 aromatic rings. The van der Waals surface area contributed by atoms with Gasteiger partial charge in [-0.2, -0.15) is 0 Å². The van der Waals surface area contributed by atoms with Crippen LogP contribution in [0.4, 0.5) is 0 Å². The molecule has 3 amide bonds. The van der Waals surface area contributed by atoms with Crippen molar-refractivity contribution < 1.29 is 14.4 Å². The summed E-state index contributed by atoms with van der Waals surface area (Å²) in [6, 6.07) is 0.174. The largest absolute Gasteiger partial charge is 0.340 e. The molecule has 0 aromatic carbocycles. The lowest BCUT2D eigenvalue weighted by Crippen LogP contribution is -2.46. The Morgan fingerprint density at radius 3 is 2.33 bits per heavy atom. The predicted octanol–water partition coefficient (Wildman–Crippen LogP) is -0.0181. The van der Waals surface area contributed by atoms with Gasteiger partial charge < -0.3 is 10.2 Å². The molecule has 3 unspecified atom stereocenters. The van der Waals surface area contributed by atoms with E-state index in [1.807, 2.05) is 0 Å². The number of carbonyl (C=O) groups excluding carboxylic acids is 3. The molecule has 21 heavy (non-hydrogen) atoms. The summed E-state index contributed by atoms with van der Waals surface area (Å²) in [5.41, 5.74) is 0. The fourth-order valence-corrected chi connectivity index (χ4v) is 3.81. The molecule has 1 N–H and O–H groups in total. The highest BCUT2D eigenvalue weighted by atomic mass is 16.2. The second kappa shape index (κ2) is 5.75. The summed E-state index contributed by atoms with van der Waals surface area (Å²) >= 11 is 0. The number of nitrogens with zero attached hydrogens (tertiary/aromatic N) is 2. The van der Waals surface area contributed by atoms with E-state index >= 15 is 0 Å². The van der Waals surface area contributed by atoms with Gasteiger partial charge in [0.1, 0.15) is 6.54 Å². The van der Waals surface area contributed by atoms with Gasteiger partial charge in [-0.25, -0.2) is 0 Å². The van der Waals surface area contributed by atoms with Crippen molar-refractivity contribution in [3.63, 3.8) is 0 Å². The zero-order valence-electron chi connectivity index (χ0n) is 12.5. The summed E-state index contributed by atoms with van der Waals surface area (Å²) in [6.07, 6.45) is 4.53. The molecule has 3 fully saturated rings. The monoisotopic (exact) mass is 293 g/mol. The van der Waals surface area contributed by atoms with E-state index in [1.165, 1.54) is 4.90 Å². The van der Waals surface area contributed by atoms with Crippen molar-refractivity contribution in [3.05, 3.63) is 0 Å². The fourth-order valence-electron chi connectivity index (χ4n) is 3.81. The maximum Gasteiger partial charge on any atom is 0.242 e. The van der Waals surface area contributed by atoms with Crippen LogP contribution >= 0.6 is 0 Å². The maximum atomic E-state index is 12.4. The second-order valence-corrected chi connectivity index (χ2v) is 6.41. The van der Waals surface area contributed by atoms with Crippen molar-refractivity contribution in [3.8, 4) is 0 Å². The van der Waals surface area contributed by atoms with Crippen LogP contribution in [0.2, 0.25) is 0 Å².